The van der Waals surface area contributed by atoms with Crippen LogP contribution >= 0.6 is 0 Å². The maximum Gasteiger partial charge on any atom is 0.293 e. The zero-order chi connectivity index (χ0) is 8.70. The molecule has 2 unspecified atom stereocenters. The van der Waals surface area contributed by atoms with Gasteiger partial charge in [0.05, 0.1) is 0 Å². The number of hydrogen-bond donors (Lipinski definition) is 0. The van der Waals surface area contributed by atoms with E-state index in [0.717, 1.165) is 0 Å². The first-order valence-corrected chi connectivity index (χ1v) is 3.65. The number of hydrogen-bond acceptors (Lipinski definition) is 3. The van der Waals surface area contributed by atoms with Gasteiger partial charge in [0, 0.05) is 12.5 Å². The molecule has 0 radical (unpaired) electrons. The molecule has 11 heavy (non-hydrogen) atoms. The summed E-state index contributed by atoms with van der Waals surface area (Å²) in [6, 6.07) is 0. The lowest BCUT2D eigenvalue weighted by Gasteiger charge is -2.09. The molecule has 3 nitrogen and oxygen atoms in total. The van der Waals surface area contributed by atoms with Crippen LogP contribution in [0.1, 0.15) is 20.8 Å². The van der Waals surface area contributed by atoms with E-state index in [4.69, 9.17) is 9.47 Å². The van der Waals surface area contributed by atoms with Gasteiger partial charge in [-0.1, -0.05) is 13.8 Å². The highest BCUT2D eigenvalue weighted by atomic mass is 16.6. The lowest BCUT2D eigenvalue weighted by Crippen LogP contribution is -2.15. The molecule has 1 aliphatic rings. The van der Waals surface area contributed by atoms with Gasteiger partial charge in [0.15, 0.2) is 0 Å². The van der Waals surface area contributed by atoms with Crippen molar-refractivity contribution in [3.05, 3.63) is 0 Å². The van der Waals surface area contributed by atoms with Crippen molar-refractivity contribution in [2.24, 2.45) is 5.41 Å². The second kappa shape index (κ2) is 2.21. The fourth-order valence-electron chi connectivity index (χ4n) is 1.61. The number of methoxy groups -OCH3 is 1. The normalized spacial score (nSPS) is 39.8. The van der Waals surface area contributed by atoms with Gasteiger partial charge in [-0.25, -0.2) is 0 Å². The predicted octanol–water partition coefficient (Wildman–Crippen LogP) is 0.973. The van der Waals surface area contributed by atoms with E-state index in [2.05, 4.69) is 0 Å². The molecule has 0 aromatic rings. The Balaban J connectivity index is 2.66. The molecule has 0 aliphatic heterocycles. The van der Waals surface area contributed by atoms with Gasteiger partial charge in [0.25, 0.3) is 6.47 Å². The Morgan fingerprint density at radius 3 is 2.18 bits per heavy atom. The standard InChI is InChI=1S/C8H14O3/c1-7(2)6(11-5-9)8(7,3)10-4/h5-6H,1-4H3. The lowest BCUT2D eigenvalue weighted by atomic mass is 10.1. The van der Waals surface area contributed by atoms with Crippen LogP contribution < -0.4 is 0 Å². The van der Waals surface area contributed by atoms with E-state index in [1.165, 1.54) is 0 Å². The van der Waals surface area contributed by atoms with Crippen LogP contribution in [0.4, 0.5) is 0 Å². The fourth-order valence-corrected chi connectivity index (χ4v) is 1.61. The van der Waals surface area contributed by atoms with E-state index < -0.39 is 0 Å². The van der Waals surface area contributed by atoms with Crippen molar-refractivity contribution in [2.45, 2.75) is 32.5 Å². The quantitative estimate of drug-likeness (QED) is 0.574. The Morgan fingerprint density at radius 1 is 1.36 bits per heavy atom. The second-order valence-corrected chi connectivity index (χ2v) is 3.65. The van der Waals surface area contributed by atoms with Gasteiger partial charge in [0.1, 0.15) is 11.7 Å². The number of carbonyl (C=O) groups excluding carboxylic acids is 1. The SMILES string of the molecule is COC1(C)C(OC=O)C1(C)C. The Hall–Kier alpha value is -0.570. The summed E-state index contributed by atoms with van der Waals surface area (Å²) < 4.78 is 10.1. The first-order chi connectivity index (χ1) is 5.00. The van der Waals surface area contributed by atoms with Gasteiger partial charge in [0.2, 0.25) is 0 Å². The van der Waals surface area contributed by atoms with Crippen LogP contribution in [0.3, 0.4) is 0 Å². The second-order valence-electron chi connectivity index (χ2n) is 3.65. The topological polar surface area (TPSA) is 35.5 Å². The molecular weight excluding hydrogens is 144 g/mol. The van der Waals surface area contributed by atoms with Gasteiger partial charge < -0.3 is 9.47 Å². The van der Waals surface area contributed by atoms with Gasteiger partial charge in [-0.05, 0) is 6.92 Å². The summed E-state index contributed by atoms with van der Waals surface area (Å²) in [4.78, 5) is 10.1. The highest BCUT2D eigenvalue weighted by molar-refractivity contribution is 5.41. The first kappa shape index (κ1) is 8.53. The Bertz CT molecular complexity index is 176. The van der Waals surface area contributed by atoms with Crippen molar-refractivity contribution in [1.29, 1.82) is 0 Å². The molecule has 0 amide bonds. The minimum Gasteiger partial charge on any atom is -0.461 e. The third kappa shape index (κ3) is 0.872. The molecule has 0 heterocycles. The first-order valence-electron chi connectivity index (χ1n) is 3.65. The maximum absolute atomic E-state index is 10.1. The molecule has 0 saturated heterocycles. The molecular formula is C8H14O3. The molecule has 0 aromatic heterocycles. The van der Waals surface area contributed by atoms with Gasteiger partial charge in [-0.15, -0.1) is 0 Å². The molecule has 0 spiro atoms. The minimum atomic E-state index is -0.298. The third-order valence-corrected chi connectivity index (χ3v) is 2.97. The van der Waals surface area contributed by atoms with Crippen LogP contribution in [0.15, 0.2) is 0 Å². The van der Waals surface area contributed by atoms with E-state index in [0.29, 0.717) is 6.47 Å². The minimum absolute atomic E-state index is 0.0529. The Morgan fingerprint density at radius 2 is 1.91 bits per heavy atom. The maximum atomic E-state index is 10.1. The van der Waals surface area contributed by atoms with Crippen molar-refractivity contribution >= 4 is 6.47 Å². The molecule has 0 bridgehead atoms. The van der Waals surface area contributed by atoms with Crippen LogP contribution in [0.2, 0.25) is 0 Å². The predicted molar refractivity (Wildman–Crippen MR) is 40.1 cm³/mol. The lowest BCUT2D eigenvalue weighted by molar-refractivity contribution is -0.132. The summed E-state index contributed by atoms with van der Waals surface area (Å²) in [7, 11) is 1.63. The van der Waals surface area contributed by atoms with Crippen LogP contribution in [-0.2, 0) is 14.3 Å². The molecule has 1 saturated carbocycles. The molecule has 0 aromatic carbocycles. The number of carbonyl (C=O) groups is 1. The summed E-state index contributed by atoms with van der Waals surface area (Å²) in [5, 5.41) is 0. The van der Waals surface area contributed by atoms with Crippen molar-refractivity contribution < 1.29 is 14.3 Å². The van der Waals surface area contributed by atoms with Crippen LogP contribution in [0.25, 0.3) is 0 Å². The van der Waals surface area contributed by atoms with Gasteiger partial charge >= 0.3 is 0 Å². The summed E-state index contributed by atoms with van der Waals surface area (Å²) in [5.74, 6) is 0. The number of rotatable bonds is 3. The fraction of sp³-hybridized carbons (Fsp3) is 0.875. The molecule has 0 N–H and O–H groups in total. The number of ether oxygens (including phenoxy) is 2. The van der Waals surface area contributed by atoms with Crippen molar-refractivity contribution in [2.75, 3.05) is 7.11 Å². The zero-order valence-corrected chi connectivity index (χ0v) is 7.38. The van der Waals surface area contributed by atoms with Gasteiger partial charge in [-0.3, -0.25) is 4.79 Å². The van der Waals surface area contributed by atoms with E-state index in [-0.39, 0.29) is 17.1 Å². The van der Waals surface area contributed by atoms with E-state index in [1.807, 2.05) is 20.8 Å². The summed E-state index contributed by atoms with van der Waals surface area (Å²) in [6.45, 7) is 6.47. The molecule has 1 fully saturated rings. The smallest absolute Gasteiger partial charge is 0.293 e. The zero-order valence-electron chi connectivity index (χ0n) is 7.38. The average Bonchev–Trinajstić information content (AvgIpc) is 2.36. The van der Waals surface area contributed by atoms with E-state index >= 15 is 0 Å². The van der Waals surface area contributed by atoms with E-state index in [9.17, 15) is 4.79 Å². The molecule has 1 aliphatic carbocycles. The summed E-state index contributed by atoms with van der Waals surface area (Å²) in [5.41, 5.74) is -0.351. The van der Waals surface area contributed by atoms with E-state index in [1.54, 1.807) is 7.11 Å². The van der Waals surface area contributed by atoms with Gasteiger partial charge in [-0.2, -0.15) is 0 Å². The monoisotopic (exact) mass is 158 g/mol. The van der Waals surface area contributed by atoms with Crippen molar-refractivity contribution in [1.82, 2.24) is 0 Å². The summed E-state index contributed by atoms with van der Waals surface area (Å²) >= 11 is 0. The summed E-state index contributed by atoms with van der Waals surface area (Å²) in [6.07, 6.45) is -0.0995. The van der Waals surface area contributed by atoms with Crippen molar-refractivity contribution in [3.63, 3.8) is 0 Å². The largest absolute Gasteiger partial charge is 0.461 e. The average molecular weight is 158 g/mol. The molecule has 2 atom stereocenters. The van der Waals surface area contributed by atoms with Crippen LogP contribution in [0, 0.1) is 5.41 Å². The van der Waals surface area contributed by atoms with Crippen LogP contribution in [-0.4, -0.2) is 25.3 Å². The molecule has 1 rings (SSSR count). The Labute approximate surface area is 66.7 Å². The molecule has 64 valence electrons. The molecule has 3 heteroatoms. The Kier molecular flexibility index (Phi) is 1.71. The van der Waals surface area contributed by atoms with Crippen LogP contribution in [0.5, 0.6) is 0 Å². The highest BCUT2D eigenvalue weighted by Crippen LogP contribution is 2.59. The third-order valence-electron chi connectivity index (χ3n) is 2.97. The highest BCUT2D eigenvalue weighted by Gasteiger charge is 2.71. The van der Waals surface area contributed by atoms with Crippen molar-refractivity contribution in [3.8, 4) is 0 Å².